The van der Waals surface area contributed by atoms with E-state index in [0.717, 1.165) is 8.95 Å². The van der Waals surface area contributed by atoms with Crippen LogP contribution in [-0.4, -0.2) is 19.8 Å². The maximum Gasteiger partial charge on any atom is 0.0665 e. The topological polar surface area (TPSA) is 21.3 Å². The van der Waals surface area contributed by atoms with Crippen molar-refractivity contribution < 1.29 is 4.74 Å². The fourth-order valence-corrected chi connectivity index (χ4v) is 2.72. The molecule has 0 aromatic heterocycles. The smallest absolute Gasteiger partial charge is 0.0665 e. The molecule has 1 aromatic rings. The van der Waals surface area contributed by atoms with Crippen molar-refractivity contribution in [3.8, 4) is 0 Å². The van der Waals surface area contributed by atoms with Crippen molar-refractivity contribution in [2.45, 2.75) is 26.0 Å². The Balaban J connectivity index is 2.78. The van der Waals surface area contributed by atoms with Crippen molar-refractivity contribution >= 4 is 31.9 Å². The molecule has 90 valence electrons. The van der Waals surface area contributed by atoms with Gasteiger partial charge in [-0.15, -0.1) is 0 Å². The summed E-state index contributed by atoms with van der Waals surface area (Å²) in [6.45, 7) is 4.76. The average molecular weight is 351 g/mol. The molecule has 1 rings (SSSR count). The molecule has 0 saturated heterocycles. The lowest BCUT2D eigenvalue weighted by molar-refractivity contribution is 0.0625. The first-order chi connectivity index (χ1) is 7.54. The van der Waals surface area contributed by atoms with Crippen LogP contribution < -0.4 is 5.32 Å². The van der Waals surface area contributed by atoms with E-state index in [1.165, 1.54) is 5.56 Å². The van der Waals surface area contributed by atoms with E-state index in [0.29, 0.717) is 6.61 Å². The van der Waals surface area contributed by atoms with Crippen molar-refractivity contribution in [3.63, 3.8) is 0 Å². The lowest BCUT2D eigenvalue weighted by Crippen LogP contribution is -2.23. The molecular weight excluding hydrogens is 334 g/mol. The van der Waals surface area contributed by atoms with Gasteiger partial charge in [-0.3, -0.25) is 0 Å². The second kappa shape index (κ2) is 6.74. The van der Waals surface area contributed by atoms with Crippen LogP contribution in [0.1, 0.15) is 25.5 Å². The Morgan fingerprint density at radius 2 is 2.00 bits per heavy atom. The van der Waals surface area contributed by atoms with E-state index in [1.54, 1.807) is 0 Å². The van der Waals surface area contributed by atoms with Gasteiger partial charge in [0.1, 0.15) is 0 Å². The van der Waals surface area contributed by atoms with Crippen molar-refractivity contribution in [1.29, 1.82) is 0 Å². The first kappa shape index (κ1) is 14.2. The van der Waals surface area contributed by atoms with Gasteiger partial charge < -0.3 is 10.1 Å². The molecule has 1 aromatic carbocycles. The Morgan fingerprint density at radius 1 is 1.31 bits per heavy atom. The largest absolute Gasteiger partial charge is 0.377 e. The van der Waals surface area contributed by atoms with Gasteiger partial charge in [-0.2, -0.15) is 0 Å². The summed E-state index contributed by atoms with van der Waals surface area (Å²) >= 11 is 7.02. The fourth-order valence-electron chi connectivity index (χ4n) is 1.40. The molecule has 0 heterocycles. The van der Waals surface area contributed by atoms with Crippen LogP contribution >= 0.6 is 31.9 Å². The van der Waals surface area contributed by atoms with Gasteiger partial charge in [-0.25, -0.2) is 0 Å². The first-order valence-corrected chi connectivity index (χ1v) is 6.87. The lowest BCUT2D eigenvalue weighted by Gasteiger charge is -2.19. The Bertz CT molecular complexity index is 342. The Hall–Kier alpha value is 0.1000. The van der Waals surface area contributed by atoms with Crippen molar-refractivity contribution in [3.05, 3.63) is 32.7 Å². The van der Waals surface area contributed by atoms with E-state index < -0.39 is 0 Å². The monoisotopic (exact) mass is 349 g/mol. The van der Waals surface area contributed by atoms with Gasteiger partial charge in [0, 0.05) is 8.95 Å². The summed E-state index contributed by atoms with van der Waals surface area (Å²) in [5.74, 6) is 0. The van der Waals surface area contributed by atoms with Crippen LogP contribution in [0.25, 0.3) is 0 Å². The summed E-state index contributed by atoms with van der Waals surface area (Å²) in [4.78, 5) is 0. The third-order valence-corrected chi connectivity index (χ3v) is 3.46. The number of halogens is 2. The standard InChI is InChI=1S/C12H17Br2NO/c1-8(2)16-7-12(15-3)10-5-4-9(13)6-11(10)14/h4-6,8,12,15H,7H2,1-3H3. The minimum atomic E-state index is 0.213. The van der Waals surface area contributed by atoms with E-state index in [9.17, 15) is 0 Å². The molecule has 0 aliphatic rings. The van der Waals surface area contributed by atoms with Gasteiger partial charge in [0.2, 0.25) is 0 Å². The Kier molecular flexibility index (Phi) is 5.97. The molecule has 0 radical (unpaired) electrons. The van der Waals surface area contributed by atoms with Gasteiger partial charge in [0.25, 0.3) is 0 Å². The average Bonchev–Trinajstić information content (AvgIpc) is 2.21. The van der Waals surface area contributed by atoms with Crippen LogP contribution in [0.3, 0.4) is 0 Å². The molecule has 0 fully saturated rings. The summed E-state index contributed by atoms with van der Waals surface area (Å²) in [7, 11) is 1.95. The molecule has 0 aliphatic heterocycles. The summed E-state index contributed by atoms with van der Waals surface area (Å²) in [6.07, 6.45) is 0.255. The van der Waals surface area contributed by atoms with Gasteiger partial charge in [-0.05, 0) is 38.6 Å². The second-order valence-electron chi connectivity index (χ2n) is 3.89. The molecule has 2 nitrogen and oxygen atoms in total. The Labute approximate surface area is 114 Å². The van der Waals surface area contributed by atoms with Gasteiger partial charge in [0.05, 0.1) is 18.8 Å². The van der Waals surface area contributed by atoms with Crippen LogP contribution in [0, 0.1) is 0 Å². The van der Waals surface area contributed by atoms with Gasteiger partial charge >= 0.3 is 0 Å². The van der Waals surface area contributed by atoms with Crippen molar-refractivity contribution in [2.24, 2.45) is 0 Å². The zero-order valence-corrected chi connectivity index (χ0v) is 12.9. The first-order valence-electron chi connectivity index (χ1n) is 5.28. The fraction of sp³-hybridized carbons (Fsp3) is 0.500. The zero-order valence-electron chi connectivity index (χ0n) is 9.76. The van der Waals surface area contributed by atoms with Crippen LogP contribution in [0.5, 0.6) is 0 Å². The number of likely N-dealkylation sites (N-methyl/N-ethyl adjacent to an activating group) is 1. The maximum absolute atomic E-state index is 5.64. The molecule has 1 atom stereocenters. The summed E-state index contributed by atoms with van der Waals surface area (Å²) < 4.78 is 7.80. The SMILES string of the molecule is CNC(COC(C)C)c1ccc(Br)cc1Br. The molecule has 0 amide bonds. The van der Waals surface area contributed by atoms with E-state index in [4.69, 9.17) is 4.74 Å². The van der Waals surface area contributed by atoms with E-state index in [-0.39, 0.29) is 12.1 Å². The van der Waals surface area contributed by atoms with Crippen LogP contribution in [-0.2, 0) is 4.74 Å². The molecule has 1 N–H and O–H groups in total. The quantitative estimate of drug-likeness (QED) is 0.869. The van der Waals surface area contributed by atoms with Crippen molar-refractivity contribution in [2.75, 3.05) is 13.7 Å². The van der Waals surface area contributed by atoms with Crippen LogP contribution in [0.2, 0.25) is 0 Å². The number of nitrogens with one attached hydrogen (secondary N) is 1. The van der Waals surface area contributed by atoms with Crippen LogP contribution in [0.4, 0.5) is 0 Å². The highest BCUT2D eigenvalue weighted by Gasteiger charge is 2.13. The molecule has 0 spiro atoms. The molecule has 1 unspecified atom stereocenters. The third kappa shape index (κ3) is 4.17. The number of hydrogen-bond donors (Lipinski definition) is 1. The molecule has 0 bridgehead atoms. The number of ether oxygens (including phenoxy) is 1. The van der Waals surface area contributed by atoms with E-state index >= 15 is 0 Å². The summed E-state index contributed by atoms with van der Waals surface area (Å²) in [5, 5.41) is 3.26. The molecule has 16 heavy (non-hydrogen) atoms. The second-order valence-corrected chi connectivity index (χ2v) is 5.66. The van der Waals surface area contributed by atoms with Gasteiger partial charge in [-0.1, -0.05) is 37.9 Å². The van der Waals surface area contributed by atoms with Crippen LogP contribution in [0.15, 0.2) is 27.1 Å². The highest BCUT2D eigenvalue weighted by Crippen LogP contribution is 2.27. The normalized spacial score (nSPS) is 13.1. The number of rotatable bonds is 5. The highest BCUT2D eigenvalue weighted by atomic mass is 79.9. The highest BCUT2D eigenvalue weighted by molar-refractivity contribution is 9.11. The molecule has 4 heteroatoms. The molecule has 0 saturated carbocycles. The Morgan fingerprint density at radius 3 is 2.50 bits per heavy atom. The minimum absolute atomic E-state index is 0.213. The zero-order chi connectivity index (χ0) is 12.1. The molecular formula is C12H17Br2NO. The summed E-state index contributed by atoms with van der Waals surface area (Å²) in [6, 6.07) is 6.40. The number of benzene rings is 1. The maximum atomic E-state index is 5.64. The predicted molar refractivity (Wildman–Crippen MR) is 74.7 cm³/mol. The van der Waals surface area contributed by atoms with E-state index in [1.807, 2.05) is 27.0 Å². The lowest BCUT2D eigenvalue weighted by atomic mass is 10.1. The molecule has 0 aliphatic carbocycles. The minimum Gasteiger partial charge on any atom is -0.377 e. The predicted octanol–water partition coefficient (Wildman–Crippen LogP) is 3.90. The van der Waals surface area contributed by atoms with Crippen molar-refractivity contribution in [1.82, 2.24) is 5.32 Å². The summed E-state index contributed by atoms with van der Waals surface area (Å²) in [5.41, 5.74) is 1.21. The number of hydrogen-bond acceptors (Lipinski definition) is 2. The third-order valence-electron chi connectivity index (χ3n) is 2.28. The van der Waals surface area contributed by atoms with E-state index in [2.05, 4.69) is 49.3 Å². The van der Waals surface area contributed by atoms with Gasteiger partial charge in [0.15, 0.2) is 0 Å².